The second-order valence-electron chi connectivity index (χ2n) is 11.2. The number of hydrogen-bond donors (Lipinski definition) is 3. The summed E-state index contributed by atoms with van der Waals surface area (Å²) in [4.78, 5) is 49.7. The van der Waals surface area contributed by atoms with Crippen LogP contribution in [0.3, 0.4) is 0 Å². The molecule has 1 heterocycles. The Bertz CT molecular complexity index is 1990. The summed E-state index contributed by atoms with van der Waals surface area (Å²) in [6, 6.07) is 22.1. The van der Waals surface area contributed by atoms with Gasteiger partial charge >= 0.3 is 18.0 Å². The number of urea groups is 1. The maximum absolute atomic E-state index is 12.8. The number of nitrogens with zero attached hydrogens (tertiary/aromatic N) is 1. The monoisotopic (exact) mass is 694 g/mol. The van der Waals surface area contributed by atoms with Crippen molar-refractivity contribution in [3.05, 3.63) is 112 Å². The molecule has 0 aromatic heterocycles. The molecule has 51 heavy (non-hydrogen) atoms. The Morgan fingerprint density at radius 3 is 2.33 bits per heavy atom. The molecule has 0 aliphatic carbocycles. The number of hydrogen-bond acceptors (Lipinski definition) is 10. The van der Waals surface area contributed by atoms with Crippen molar-refractivity contribution in [2.45, 2.75) is 33.4 Å². The van der Waals surface area contributed by atoms with Gasteiger partial charge in [0.2, 0.25) is 0 Å². The Labute approximate surface area is 294 Å². The number of esters is 2. The van der Waals surface area contributed by atoms with E-state index in [-0.39, 0.29) is 42.9 Å². The van der Waals surface area contributed by atoms with E-state index in [2.05, 4.69) is 21.2 Å². The molecule has 13 nitrogen and oxygen atoms in total. The minimum atomic E-state index is -0.793. The van der Waals surface area contributed by atoms with Gasteiger partial charge in [0, 0.05) is 11.3 Å². The largest absolute Gasteiger partial charge is 0.493 e. The van der Waals surface area contributed by atoms with E-state index in [9.17, 15) is 19.2 Å². The molecule has 13 heteroatoms. The number of amides is 3. The number of hydrazone groups is 1. The van der Waals surface area contributed by atoms with E-state index in [0.29, 0.717) is 34.7 Å². The van der Waals surface area contributed by atoms with Gasteiger partial charge < -0.3 is 34.3 Å². The molecule has 3 amide bonds. The molecule has 5 rings (SSSR count). The van der Waals surface area contributed by atoms with Crippen LogP contribution in [-0.2, 0) is 25.7 Å². The van der Waals surface area contributed by atoms with E-state index in [1.165, 1.54) is 13.3 Å². The first-order chi connectivity index (χ1) is 24.7. The molecule has 1 aliphatic heterocycles. The Balaban J connectivity index is 1.25. The molecule has 0 unspecified atom stereocenters. The number of nitrogens with one attached hydrogen (secondary N) is 3. The summed E-state index contributed by atoms with van der Waals surface area (Å²) in [5.74, 6) is -0.387. The molecular weight excluding hydrogens is 656 g/mol. The SMILES string of the molecule is CCOC(=O)C1=C(C)NC(=O)N[C@H]1c1ccc(OCC(=O)N/N=C/c2c(OCc3ccc(C(=O)OCC)cc3)ccc3ccccc23)c(OC)c1. The maximum Gasteiger partial charge on any atom is 0.338 e. The minimum absolute atomic E-state index is 0.172. The van der Waals surface area contributed by atoms with Crippen LogP contribution in [0.4, 0.5) is 4.79 Å². The Morgan fingerprint density at radius 1 is 0.863 bits per heavy atom. The zero-order chi connectivity index (χ0) is 36.3. The summed E-state index contributed by atoms with van der Waals surface area (Å²) in [6.45, 7) is 5.39. The summed E-state index contributed by atoms with van der Waals surface area (Å²) >= 11 is 0. The van der Waals surface area contributed by atoms with Crippen molar-refractivity contribution in [1.82, 2.24) is 16.1 Å². The van der Waals surface area contributed by atoms with Gasteiger partial charge in [-0.1, -0.05) is 48.5 Å². The quantitative estimate of drug-likeness (QED) is 0.0901. The highest BCUT2D eigenvalue weighted by molar-refractivity contribution is 6.02. The zero-order valence-electron chi connectivity index (χ0n) is 28.6. The van der Waals surface area contributed by atoms with Crippen molar-refractivity contribution in [2.75, 3.05) is 26.9 Å². The third-order valence-corrected chi connectivity index (χ3v) is 7.82. The predicted molar refractivity (Wildman–Crippen MR) is 189 cm³/mol. The van der Waals surface area contributed by atoms with Gasteiger partial charge in [-0.2, -0.15) is 5.10 Å². The van der Waals surface area contributed by atoms with Gasteiger partial charge in [0.25, 0.3) is 5.91 Å². The minimum Gasteiger partial charge on any atom is -0.493 e. The maximum atomic E-state index is 12.8. The molecule has 1 aliphatic rings. The Morgan fingerprint density at radius 2 is 1.59 bits per heavy atom. The number of carbonyl (C=O) groups is 4. The Kier molecular flexibility index (Phi) is 11.9. The number of ether oxygens (including phenoxy) is 5. The van der Waals surface area contributed by atoms with Gasteiger partial charge in [-0.25, -0.2) is 19.8 Å². The average molecular weight is 695 g/mol. The molecule has 0 saturated carbocycles. The van der Waals surface area contributed by atoms with Gasteiger partial charge in [0.05, 0.1) is 43.7 Å². The number of benzene rings is 4. The van der Waals surface area contributed by atoms with Gasteiger partial charge in [0.15, 0.2) is 18.1 Å². The molecule has 0 radical (unpaired) electrons. The van der Waals surface area contributed by atoms with E-state index in [1.807, 2.05) is 36.4 Å². The normalized spacial score (nSPS) is 14.0. The van der Waals surface area contributed by atoms with E-state index in [0.717, 1.165) is 16.3 Å². The molecule has 264 valence electrons. The first-order valence-corrected chi connectivity index (χ1v) is 16.2. The first-order valence-electron chi connectivity index (χ1n) is 16.2. The molecular formula is C38H38N4O9. The van der Waals surface area contributed by atoms with Crippen LogP contribution in [0.25, 0.3) is 10.8 Å². The van der Waals surface area contributed by atoms with Gasteiger partial charge in [0.1, 0.15) is 12.4 Å². The van der Waals surface area contributed by atoms with Crippen LogP contribution in [0.15, 0.2) is 95.2 Å². The van der Waals surface area contributed by atoms with Crippen molar-refractivity contribution < 1.29 is 42.9 Å². The third-order valence-electron chi connectivity index (χ3n) is 7.82. The summed E-state index contributed by atoms with van der Waals surface area (Å²) in [5.41, 5.74) is 5.63. The second-order valence-corrected chi connectivity index (χ2v) is 11.2. The summed E-state index contributed by atoms with van der Waals surface area (Å²) in [5, 5.41) is 11.3. The number of methoxy groups -OCH3 is 1. The van der Waals surface area contributed by atoms with Crippen molar-refractivity contribution >= 4 is 40.9 Å². The average Bonchev–Trinajstić information content (AvgIpc) is 3.13. The highest BCUT2D eigenvalue weighted by Crippen LogP contribution is 2.35. The Hall–Kier alpha value is -6.37. The zero-order valence-corrected chi connectivity index (χ0v) is 28.6. The number of rotatable bonds is 14. The summed E-state index contributed by atoms with van der Waals surface area (Å²) in [7, 11) is 1.44. The molecule has 1 atom stereocenters. The highest BCUT2D eigenvalue weighted by Gasteiger charge is 2.32. The third kappa shape index (κ3) is 8.81. The van der Waals surface area contributed by atoms with Crippen LogP contribution in [0.2, 0.25) is 0 Å². The van der Waals surface area contributed by atoms with Gasteiger partial charge in [-0.3, -0.25) is 4.79 Å². The second kappa shape index (κ2) is 16.8. The molecule has 4 aromatic carbocycles. The molecule has 0 spiro atoms. The first kappa shape index (κ1) is 35.9. The fraction of sp³-hybridized carbons (Fsp3) is 0.237. The molecule has 0 bridgehead atoms. The lowest BCUT2D eigenvalue weighted by Crippen LogP contribution is -2.45. The fourth-order valence-electron chi connectivity index (χ4n) is 5.40. The lowest BCUT2D eigenvalue weighted by atomic mass is 9.95. The van der Waals surface area contributed by atoms with E-state index < -0.39 is 23.9 Å². The predicted octanol–water partition coefficient (Wildman–Crippen LogP) is 5.32. The van der Waals surface area contributed by atoms with E-state index in [4.69, 9.17) is 23.7 Å². The van der Waals surface area contributed by atoms with Crippen LogP contribution in [0.5, 0.6) is 17.2 Å². The molecule has 0 saturated heterocycles. The van der Waals surface area contributed by atoms with Crippen LogP contribution in [0, 0.1) is 0 Å². The van der Waals surface area contributed by atoms with Crippen molar-refractivity contribution in [2.24, 2.45) is 5.10 Å². The van der Waals surface area contributed by atoms with Gasteiger partial charge in [-0.15, -0.1) is 0 Å². The van der Waals surface area contributed by atoms with Crippen LogP contribution >= 0.6 is 0 Å². The topological polar surface area (TPSA) is 163 Å². The van der Waals surface area contributed by atoms with Crippen LogP contribution < -0.4 is 30.3 Å². The van der Waals surface area contributed by atoms with Crippen molar-refractivity contribution in [3.63, 3.8) is 0 Å². The number of carbonyl (C=O) groups excluding carboxylic acids is 4. The van der Waals surface area contributed by atoms with Crippen molar-refractivity contribution in [1.29, 1.82) is 0 Å². The molecule has 3 N–H and O–H groups in total. The number of allylic oxidation sites excluding steroid dienone is 1. The molecule has 0 fully saturated rings. The van der Waals surface area contributed by atoms with Crippen LogP contribution in [-0.4, -0.2) is 57.0 Å². The number of fused-ring (bicyclic) bond motifs is 1. The van der Waals surface area contributed by atoms with Crippen molar-refractivity contribution in [3.8, 4) is 17.2 Å². The fourth-order valence-corrected chi connectivity index (χ4v) is 5.40. The highest BCUT2D eigenvalue weighted by atomic mass is 16.5. The standard InChI is InChI=1S/C38H38N4O9/c1-5-48-36(44)26-13-11-24(12-14-26)21-50-30-17-15-25-9-7-8-10-28(25)29(30)20-39-42-33(43)22-51-31-18-16-27(19-32(31)47-4)35-34(37(45)49-6-2)23(3)40-38(46)41-35/h7-20,35H,5-6,21-22H2,1-4H3,(H,42,43)(H2,40,41,46)/b39-20+/t35-/m0/s1. The smallest absolute Gasteiger partial charge is 0.338 e. The van der Waals surface area contributed by atoms with E-state index >= 15 is 0 Å². The summed E-state index contributed by atoms with van der Waals surface area (Å²) in [6.07, 6.45) is 1.51. The lowest BCUT2D eigenvalue weighted by molar-refractivity contribution is -0.139. The van der Waals surface area contributed by atoms with Gasteiger partial charge in [-0.05, 0) is 73.0 Å². The summed E-state index contributed by atoms with van der Waals surface area (Å²) < 4.78 is 27.6. The van der Waals surface area contributed by atoms with E-state index in [1.54, 1.807) is 63.2 Å². The molecule has 4 aromatic rings. The lowest BCUT2D eigenvalue weighted by Gasteiger charge is -2.28. The van der Waals surface area contributed by atoms with Crippen LogP contribution in [0.1, 0.15) is 53.9 Å².